The standard InChI is InChI=1S/C17H12ClFN4O/c18-10-5-6-14-12(7-10)17(11-3-1-2-4-13(11)19)20-8-15-21-22-16(9-24)23(14)15/h1-7,24H,8-9H2. The van der Waals surface area contributed by atoms with Gasteiger partial charge in [-0.3, -0.25) is 9.56 Å². The van der Waals surface area contributed by atoms with Crippen molar-refractivity contribution in [1.29, 1.82) is 0 Å². The van der Waals surface area contributed by atoms with Gasteiger partial charge in [0.15, 0.2) is 11.6 Å². The zero-order valence-electron chi connectivity index (χ0n) is 12.4. The highest BCUT2D eigenvalue weighted by Crippen LogP contribution is 2.28. The van der Waals surface area contributed by atoms with Crippen LogP contribution in [0.1, 0.15) is 22.8 Å². The molecule has 0 unspecified atom stereocenters. The first kappa shape index (κ1) is 15.0. The van der Waals surface area contributed by atoms with Gasteiger partial charge in [0, 0.05) is 16.1 Å². The normalized spacial score (nSPS) is 13.0. The zero-order chi connectivity index (χ0) is 16.7. The van der Waals surface area contributed by atoms with Gasteiger partial charge in [-0.15, -0.1) is 10.2 Å². The van der Waals surface area contributed by atoms with Gasteiger partial charge >= 0.3 is 0 Å². The minimum atomic E-state index is -0.359. The maximum absolute atomic E-state index is 14.3. The van der Waals surface area contributed by atoms with Crippen LogP contribution < -0.4 is 0 Å². The van der Waals surface area contributed by atoms with Gasteiger partial charge in [0.25, 0.3) is 0 Å². The monoisotopic (exact) mass is 342 g/mol. The molecule has 0 saturated carbocycles. The van der Waals surface area contributed by atoms with Crippen LogP contribution in [0.2, 0.25) is 5.02 Å². The summed E-state index contributed by atoms with van der Waals surface area (Å²) in [6.45, 7) is -0.0347. The molecule has 0 radical (unpaired) electrons. The van der Waals surface area contributed by atoms with Crippen LogP contribution in [0.5, 0.6) is 0 Å². The molecule has 120 valence electrons. The van der Waals surface area contributed by atoms with Gasteiger partial charge in [-0.1, -0.05) is 23.7 Å². The number of aliphatic imine (C=N–C) groups is 1. The highest BCUT2D eigenvalue weighted by Gasteiger charge is 2.24. The van der Waals surface area contributed by atoms with Crippen LogP contribution >= 0.6 is 11.6 Å². The first-order valence-corrected chi connectivity index (χ1v) is 7.70. The Morgan fingerprint density at radius 3 is 2.75 bits per heavy atom. The maximum Gasteiger partial charge on any atom is 0.163 e. The van der Waals surface area contributed by atoms with Crippen molar-refractivity contribution in [1.82, 2.24) is 14.8 Å². The summed E-state index contributed by atoms with van der Waals surface area (Å²) in [6.07, 6.45) is 0. The lowest BCUT2D eigenvalue weighted by Crippen LogP contribution is -2.10. The van der Waals surface area contributed by atoms with Crippen molar-refractivity contribution in [2.24, 2.45) is 4.99 Å². The third-order valence-corrected chi connectivity index (χ3v) is 4.14. The number of benzene rings is 2. The van der Waals surface area contributed by atoms with Crippen molar-refractivity contribution in [2.45, 2.75) is 13.2 Å². The molecule has 3 aromatic rings. The summed E-state index contributed by atoms with van der Waals surface area (Å²) in [4.78, 5) is 4.54. The number of hydrogen-bond acceptors (Lipinski definition) is 4. The summed E-state index contributed by atoms with van der Waals surface area (Å²) in [6, 6.07) is 11.7. The van der Waals surface area contributed by atoms with Crippen LogP contribution in [0.4, 0.5) is 4.39 Å². The van der Waals surface area contributed by atoms with Crippen molar-refractivity contribution in [3.63, 3.8) is 0 Å². The molecule has 2 heterocycles. The second-order valence-electron chi connectivity index (χ2n) is 5.33. The number of nitrogens with zero attached hydrogens (tertiary/aromatic N) is 4. The summed E-state index contributed by atoms with van der Waals surface area (Å²) in [5.74, 6) is 0.620. The number of halogens is 2. The lowest BCUT2D eigenvalue weighted by Gasteiger charge is -2.13. The van der Waals surface area contributed by atoms with E-state index >= 15 is 0 Å². The third-order valence-electron chi connectivity index (χ3n) is 3.90. The Kier molecular flexibility index (Phi) is 3.63. The maximum atomic E-state index is 14.3. The molecule has 0 bridgehead atoms. The van der Waals surface area contributed by atoms with E-state index in [1.807, 2.05) is 0 Å². The molecule has 1 N–H and O–H groups in total. The van der Waals surface area contributed by atoms with Crippen LogP contribution in [0.15, 0.2) is 47.5 Å². The lowest BCUT2D eigenvalue weighted by molar-refractivity contribution is 0.268. The van der Waals surface area contributed by atoms with E-state index < -0.39 is 0 Å². The fourth-order valence-electron chi connectivity index (χ4n) is 2.85. The summed E-state index contributed by atoms with van der Waals surface area (Å²) in [5, 5.41) is 18.1. The van der Waals surface area contributed by atoms with Crippen LogP contribution in [0.3, 0.4) is 0 Å². The number of aliphatic hydroxyl groups is 1. The van der Waals surface area contributed by atoms with Crippen molar-refractivity contribution in [3.05, 3.63) is 76.1 Å². The SMILES string of the molecule is OCc1nnc2n1-c1ccc(Cl)cc1C(c1ccccc1F)=NC2. The molecule has 4 rings (SSSR count). The van der Waals surface area contributed by atoms with Crippen molar-refractivity contribution < 1.29 is 9.50 Å². The largest absolute Gasteiger partial charge is 0.388 e. The Balaban J connectivity index is 2.01. The van der Waals surface area contributed by atoms with Crippen molar-refractivity contribution in [3.8, 4) is 5.69 Å². The van der Waals surface area contributed by atoms with E-state index in [1.54, 1.807) is 41.0 Å². The molecule has 7 heteroatoms. The Labute approximate surface area is 142 Å². The Morgan fingerprint density at radius 1 is 1.12 bits per heavy atom. The Hall–Kier alpha value is -2.57. The van der Waals surface area contributed by atoms with Crippen LogP contribution in [-0.2, 0) is 13.2 Å². The molecule has 0 fully saturated rings. The van der Waals surface area contributed by atoms with Crippen LogP contribution in [-0.4, -0.2) is 25.6 Å². The highest BCUT2D eigenvalue weighted by atomic mass is 35.5. The van der Waals surface area contributed by atoms with Crippen molar-refractivity contribution >= 4 is 17.3 Å². The highest BCUT2D eigenvalue weighted by molar-refractivity contribution is 6.31. The molecule has 0 amide bonds. The quantitative estimate of drug-likeness (QED) is 0.779. The van der Waals surface area contributed by atoms with E-state index in [1.165, 1.54) is 6.07 Å². The average molecular weight is 343 g/mol. The second kappa shape index (κ2) is 5.81. The van der Waals surface area contributed by atoms with Gasteiger partial charge in [0.05, 0.1) is 11.4 Å². The summed E-state index contributed by atoms with van der Waals surface area (Å²) >= 11 is 6.16. The number of rotatable bonds is 2. The van der Waals surface area contributed by atoms with Gasteiger partial charge in [-0.05, 0) is 30.3 Å². The van der Waals surface area contributed by atoms with E-state index in [0.717, 1.165) is 0 Å². The predicted octanol–water partition coefficient (Wildman–Crippen LogP) is 2.90. The lowest BCUT2D eigenvalue weighted by atomic mass is 10.00. The summed E-state index contributed by atoms with van der Waals surface area (Å²) in [5.41, 5.74) is 2.27. The fourth-order valence-corrected chi connectivity index (χ4v) is 3.02. The smallest absolute Gasteiger partial charge is 0.163 e. The van der Waals surface area contributed by atoms with Gasteiger partial charge in [0.2, 0.25) is 0 Å². The van der Waals surface area contributed by atoms with E-state index in [9.17, 15) is 9.50 Å². The summed E-state index contributed by atoms with van der Waals surface area (Å²) in [7, 11) is 0. The Morgan fingerprint density at radius 2 is 1.96 bits per heavy atom. The van der Waals surface area contributed by atoms with E-state index in [0.29, 0.717) is 39.2 Å². The number of aromatic nitrogens is 3. The van der Waals surface area contributed by atoms with Gasteiger partial charge in [-0.2, -0.15) is 0 Å². The molecule has 1 aliphatic heterocycles. The molecule has 0 saturated heterocycles. The fraction of sp³-hybridized carbons (Fsp3) is 0.118. The molecule has 1 aromatic heterocycles. The van der Waals surface area contributed by atoms with E-state index in [-0.39, 0.29) is 19.0 Å². The van der Waals surface area contributed by atoms with Crippen LogP contribution in [0, 0.1) is 5.82 Å². The van der Waals surface area contributed by atoms with E-state index in [4.69, 9.17) is 11.6 Å². The molecular formula is C17H12ClFN4O. The molecular weight excluding hydrogens is 331 g/mol. The Bertz CT molecular complexity index is 967. The zero-order valence-corrected chi connectivity index (χ0v) is 13.2. The third kappa shape index (κ3) is 2.31. The first-order valence-electron chi connectivity index (χ1n) is 7.32. The molecule has 0 spiro atoms. The number of aliphatic hydroxyl groups excluding tert-OH is 1. The molecule has 5 nitrogen and oxygen atoms in total. The molecule has 0 atom stereocenters. The summed E-state index contributed by atoms with van der Waals surface area (Å²) < 4.78 is 16.1. The average Bonchev–Trinajstić information content (AvgIpc) is 2.93. The molecule has 0 aliphatic carbocycles. The van der Waals surface area contributed by atoms with Gasteiger partial charge in [0.1, 0.15) is 19.0 Å². The topological polar surface area (TPSA) is 63.3 Å². The molecule has 1 aliphatic rings. The van der Waals surface area contributed by atoms with Gasteiger partial charge < -0.3 is 5.11 Å². The molecule has 24 heavy (non-hydrogen) atoms. The van der Waals surface area contributed by atoms with E-state index in [2.05, 4.69) is 15.2 Å². The second-order valence-corrected chi connectivity index (χ2v) is 5.77. The van der Waals surface area contributed by atoms with Gasteiger partial charge in [-0.25, -0.2) is 4.39 Å². The molecule has 2 aromatic carbocycles. The minimum absolute atomic E-state index is 0.225. The predicted molar refractivity (Wildman–Crippen MR) is 88.0 cm³/mol. The number of hydrogen-bond donors (Lipinski definition) is 1. The first-order chi connectivity index (χ1) is 11.7. The van der Waals surface area contributed by atoms with Crippen molar-refractivity contribution in [2.75, 3.05) is 0 Å². The van der Waals surface area contributed by atoms with Crippen LogP contribution in [0.25, 0.3) is 5.69 Å². The number of fused-ring (bicyclic) bond motifs is 3. The minimum Gasteiger partial charge on any atom is -0.388 e.